The summed E-state index contributed by atoms with van der Waals surface area (Å²) in [4.78, 5) is 12.1. The molecule has 1 aromatic carbocycles. The first-order chi connectivity index (χ1) is 9.69. The summed E-state index contributed by atoms with van der Waals surface area (Å²) in [5, 5.41) is 3.82. The Morgan fingerprint density at radius 1 is 1.45 bits per heavy atom. The fourth-order valence-electron chi connectivity index (χ4n) is 2.79. The van der Waals surface area contributed by atoms with Gasteiger partial charge in [0.2, 0.25) is 5.91 Å². The minimum absolute atomic E-state index is 0.168. The Labute approximate surface area is 125 Å². The van der Waals surface area contributed by atoms with Crippen LogP contribution in [0, 0.1) is 0 Å². The Hall–Kier alpha value is -1.16. The van der Waals surface area contributed by atoms with Gasteiger partial charge in [-0.05, 0) is 42.7 Å². The van der Waals surface area contributed by atoms with Crippen molar-refractivity contribution in [2.45, 2.75) is 50.3 Å². The normalized spacial score (nSPS) is 21.9. The first-order valence-electron chi connectivity index (χ1n) is 7.44. The monoisotopic (exact) mass is 292 g/mol. The molecule has 1 amide bonds. The number of benzene rings is 1. The van der Waals surface area contributed by atoms with Gasteiger partial charge in [0.05, 0.1) is 0 Å². The van der Waals surface area contributed by atoms with Crippen molar-refractivity contribution < 1.29 is 4.79 Å². The third kappa shape index (κ3) is 4.44. The fraction of sp³-hybridized carbons (Fsp3) is 0.562. The third-order valence-electron chi connectivity index (χ3n) is 3.77. The smallest absolute Gasteiger partial charge is 0.220 e. The molecule has 0 heterocycles. The van der Waals surface area contributed by atoms with Crippen molar-refractivity contribution >= 4 is 23.4 Å². The van der Waals surface area contributed by atoms with Crippen LogP contribution in [0.2, 0.25) is 0 Å². The molecule has 0 aliphatic heterocycles. The zero-order valence-corrected chi connectivity index (χ0v) is 12.9. The van der Waals surface area contributed by atoms with E-state index in [1.165, 1.54) is 12.8 Å². The van der Waals surface area contributed by atoms with Crippen LogP contribution in [-0.4, -0.2) is 23.0 Å². The molecule has 20 heavy (non-hydrogen) atoms. The molecule has 2 rings (SSSR count). The van der Waals surface area contributed by atoms with Gasteiger partial charge in [0.1, 0.15) is 0 Å². The number of carbonyl (C=O) groups excluding carboxylic acids is 1. The van der Waals surface area contributed by atoms with Crippen LogP contribution in [0.1, 0.15) is 38.2 Å². The van der Waals surface area contributed by atoms with Crippen molar-refractivity contribution in [3.63, 3.8) is 0 Å². The van der Waals surface area contributed by atoms with Gasteiger partial charge in [0.15, 0.2) is 0 Å². The number of nitrogens with one attached hydrogen (secondary N) is 1. The summed E-state index contributed by atoms with van der Waals surface area (Å²) < 4.78 is 0. The number of rotatable bonds is 6. The lowest BCUT2D eigenvalue weighted by Crippen LogP contribution is -2.38. The van der Waals surface area contributed by atoms with Crippen molar-refractivity contribution in [1.82, 2.24) is 5.32 Å². The van der Waals surface area contributed by atoms with Crippen LogP contribution in [0.5, 0.6) is 0 Å². The molecule has 0 aromatic heterocycles. The maximum atomic E-state index is 12.1. The van der Waals surface area contributed by atoms with E-state index in [1.807, 2.05) is 36.0 Å². The van der Waals surface area contributed by atoms with E-state index in [9.17, 15) is 4.79 Å². The van der Waals surface area contributed by atoms with E-state index in [4.69, 9.17) is 5.73 Å². The largest absolute Gasteiger partial charge is 0.399 e. The van der Waals surface area contributed by atoms with E-state index in [-0.39, 0.29) is 5.91 Å². The number of carbonyl (C=O) groups is 1. The Bertz CT molecular complexity index is 450. The van der Waals surface area contributed by atoms with Gasteiger partial charge in [-0.3, -0.25) is 4.79 Å². The van der Waals surface area contributed by atoms with Gasteiger partial charge in [-0.1, -0.05) is 25.5 Å². The highest BCUT2D eigenvalue weighted by atomic mass is 32.2. The zero-order chi connectivity index (χ0) is 14.4. The fourth-order valence-corrected chi connectivity index (χ4v) is 3.99. The summed E-state index contributed by atoms with van der Waals surface area (Å²) >= 11 is 1.97. The van der Waals surface area contributed by atoms with Crippen LogP contribution in [0.25, 0.3) is 0 Å². The molecule has 3 nitrogen and oxygen atoms in total. The van der Waals surface area contributed by atoms with E-state index in [0.717, 1.165) is 29.8 Å². The molecule has 110 valence electrons. The summed E-state index contributed by atoms with van der Waals surface area (Å²) in [6.07, 6.45) is 4.90. The van der Waals surface area contributed by atoms with E-state index >= 15 is 0 Å². The summed E-state index contributed by atoms with van der Waals surface area (Å²) in [6.45, 7) is 2.18. The molecule has 1 aromatic rings. The van der Waals surface area contributed by atoms with Crippen LogP contribution in [-0.2, 0) is 11.2 Å². The third-order valence-corrected chi connectivity index (χ3v) is 5.10. The second kappa shape index (κ2) is 7.58. The lowest BCUT2D eigenvalue weighted by Gasteiger charge is -2.20. The van der Waals surface area contributed by atoms with Gasteiger partial charge in [-0.2, -0.15) is 11.8 Å². The minimum Gasteiger partial charge on any atom is -0.399 e. The number of hydrogen-bond acceptors (Lipinski definition) is 3. The molecule has 0 spiro atoms. The number of thioether (sulfide) groups is 1. The maximum absolute atomic E-state index is 12.1. The first kappa shape index (κ1) is 15.2. The number of nitrogen functional groups attached to an aromatic ring is 1. The molecule has 1 fully saturated rings. The number of hydrogen-bond donors (Lipinski definition) is 2. The van der Waals surface area contributed by atoms with Crippen molar-refractivity contribution in [2.24, 2.45) is 0 Å². The Morgan fingerprint density at radius 3 is 3.05 bits per heavy atom. The highest BCUT2D eigenvalue weighted by Crippen LogP contribution is 2.29. The lowest BCUT2D eigenvalue weighted by molar-refractivity contribution is -0.121. The summed E-state index contributed by atoms with van der Waals surface area (Å²) in [7, 11) is 0. The van der Waals surface area contributed by atoms with Gasteiger partial charge >= 0.3 is 0 Å². The van der Waals surface area contributed by atoms with Gasteiger partial charge in [-0.25, -0.2) is 0 Å². The van der Waals surface area contributed by atoms with Gasteiger partial charge in [0, 0.05) is 23.4 Å². The van der Waals surface area contributed by atoms with Crippen molar-refractivity contribution in [3.8, 4) is 0 Å². The Morgan fingerprint density at radius 2 is 2.30 bits per heavy atom. The molecule has 4 heteroatoms. The van der Waals surface area contributed by atoms with Crippen molar-refractivity contribution in [3.05, 3.63) is 29.8 Å². The SMILES string of the molecule is CCSC1CCCC1NC(=O)CCc1cccc(N)c1. The predicted octanol–water partition coefficient (Wildman–Crippen LogP) is 2.99. The van der Waals surface area contributed by atoms with Crippen LogP contribution >= 0.6 is 11.8 Å². The molecular weight excluding hydrogens is 268 g/mol. The second-order valence-electron chi connectivity index (χ2n) is 5.34. The maximum Gasteiger partial charge on any atom is 0.220 e. The number of nitrogens with two attached hydrogens (primary N) is 1. The summed E-state index contributed by atoms with van der Waals surface area (Å²) in [5.41, 5.74) is 7.64. The topological polar surface area (TPSA) is 55.1 Å². The van der Waals surface area contributed by atoms with Gasteiger partial charge in [-0.15, -0.1) is 0 Å². The van der Waals surface area contributed by atoms with E-state index in [0.29, 0.717) is 17.7 Å². The van der Waals surface area contributed by atoms with E-state index < -0.39 is 0 Å². The van der Waals surface area contributed by atoms with Crippen LogP contribution in [0.3, 0.4) is 0 Å². The average Bonchev–Trinajstić information content (AvgIpc) is 2.84. The lowest BCUT2D eigenvalue weighted by atomic mass is 10.1. The number of anilines is 1. The quantitative estimate of drug-likeness (QED) is 0.793. The standard InChI is InChI=1S/C16H24N2OS/c1-2-20-15-8-4-7-14(15)18-16(19)10-9-12-5-3-6-13(17)11-12/h3,5-6,11,14-15H,2,4,7-10,17H2,1H3,(H,18,19). The van der Waals surface area contributed by atoms with E-state index in [2.05, 4.69) is 12.2 Å². The first-order valence-corrected chi connectivity index (χ1v) is 8.49. The van der Waals surface area contributed by atoms with Crippen molar-refractivity contribution in [1.29, 1.82) is 0 Å². The molecule has 0 saturated heterocycles. The molecule has 2 atom stereocenters. The summed E-state index contributed by atoms with van der Waals surface area (Å²) in [5.74, 6) is 1.29. The predicted molar refractivity (Wildman–Crippen MR) is 86.9 cm³/mol. The number of amides is 1. The van der Waals surface area contributed by atoms with Crippen LogP contribution in [0.15, 0.2) is 24.3 Å². The Balaban J connectivity index is 1.78. The molecular formula is C16H24N2OS. The van der Waals surface area contributed by atoms with E-state index in [1.54, 1.807) is 0 Å². The second-order valence-corrected chi connectivity index (χ2v) is 6.86. The van der Waals surface area contributed by atoms with Gasteiger partial charge in [0.25, 0.3) is 0 Å². The van der Waals surface area contributed by atoms with Gasteiger partial charge < -0.3 is 11.1 Å². The number of aryl methyl sites for hydroxylation is 1. The average molecular weight is 292 g/mol. The Kier molecular flexibility index (Phi) is 5.77. The zero-order valence-electron chi connectivity index (χ0n) is 12.1. The van der Waals surface area contributed by atoms with Crippen molar-refractivity contribution in [2.75, 3.05) is 11.5 Å². The molecule has 0 radical (unpaired) electrons. The molecule has 2 unspecified atom stereocenters. The highest BCUT2D eigenvalue weighted by molar-refractivity contribution is 7.99. The molecule has 1 saturated carbocycles. The molecule has 3 N–H and O–H groups in total. The molecule has 1 aliphatic rings. The molecule has 1 aliphatic carbocycles. The minimum atomic E-state index is 0.168. The van der Waals surface area contributed by atoms with Crippen LogP contribution in [0.4, 0.5) is 5.69 Å². The highest BCUT2D eigenvalue weighted by Gasteiger charge is 2.28. The van der Waals surface area contributed by atoms with Crippen LogP contribution < -0.4 is 11.1 Å². The molecule has 0 bridgehead atoms. The summed E-state index contributed by atoms with van der Waals surface area (Å²) in [6, 6.07) is 8.14.